The second kappa shape index (κ2) is 10.6. The fourth-order valence-electron chi connectivity index (χ4n) is 2.74. The highest BCUT2D eigenvalue weighted by atomic mass is 15.1. The number of hydrogen-bond donors (Lipinski definition) is 1. The molecule has 21 heavy (non-hydrogen) atoms. The van der Waals surface area contributed by atoms with Crippen molar-refractivity contribution in [2.45, 2.75) is 92.5 Å². The number of nitrogens with zero attached hydrogens (tertiary/aromatic N) is 1. The molecule has 2 nitrogen and oxygen atoms in total. The molecule has 0 heterocycles. The third-order valence-corrected chi connectivity index (χ3v) is 4.71. The van der Waals surface area contributed by atoms with Crippen molar-refractivity contribution in [3.63, 3.8) is 0 Å². The third-order valence-electron chi connectivity index (χ3n) is 4.71. The smallest absolute Gasteiger partial charge is 0.00967 e. The maximum atomic E-state index is 3.76. The van der Waals surface area contributed by atoms with Gasteiger partial charge in [0.05, 0.1) is 0 Å². The summed E-state index contributed by atoms with van der Waals surface area (Å²) < 4.78 is 0. The largest absolute Gasteiger partial charge is 0.311 e. The molecule has 0 aromatic heterocycles. The highest BCUT2D eigenvalue weighted by Gasteiger charge is 2.29. The third kappa shape index (κ3) is 9.52. The molecule has 0 saturated heterocycles. The molecule has 0 radical (unpaired) electrons. The number of hydrogen-bond acceptors (Lipinski definition) is 2. The van der Waals surface area contributed by atoms with Gasteiger partial charge in [0.1, 0.15) is 0 Å². The van der Waals surface area contributed by atoms with Crippen LogP contribution in [-0.4, -0.2) is 36.6 Å². The van der Waals surface area contributed by atoms with Crippen LogP contribution >= 0.6 is 0 Å². The van der Waals surface area contributed by atoms with E-state index in [0.29, 0.717) is 5.41 Å². The molecule has 0 atom stereocenters. The fourth-order valence-corrected chi connectivity index (χ4v) is 2.74. The molecule has 0 fully saturated rings. The molecular weight excluding hydrogens is 256 g/mol. The number of unbranched alkanes of at least 4 members (excludes halogenated alkanes) is 2. The summed E-state index contributed by atoms with van der Waals surface area (Å²) in [5.41, 5.74) is 0.641. The minimum absolute atomic E-state index is 0.216. The van der Waals surface area contributed by atoms with Crippen LogP contribution in [0.4, 0.5) is 0 Å². The first-order chi connectivity index (χ1) is 9.82. The molecule has 0 aromatic rings. The van der Waals surface area contributed by atoms with Crippen molar-refractivity contribution in [1.82, 2.24) is 10.2 Å². The second-order valence-corrected chi connectivity index (χ2v) is 7.79. The lowest BCUT2D eigenvalue weighted by Gasteiger charge is -2.39. The van der Waals surface area contributed by atoms with E-state index in [1.807, 2.05) is 0 Å². The van der Waals surface area contributed by atoms with E-state index in [4.69, 9.17) is 0 Å². The molecule has 0 aliphatic carbocycles. The zero-order valence-electron chi connectivity index (χ0n) is 16.0. The predicted octanol–water partition coefficient (Wildman–Crippen LogP) is 5.08. The van der Waals surface area contributed by atoms with Gasteiger partial charge >= 0.3 is 0 Å². The van der Waals surface area contributed by atoms with Crippen LogP contribution in [-0.2, 0) is 0 Å². The van der Waals surface area contributed by atoms with E-state index in [1.54, 1.807) is 0 Å². The van der Waals surface area contributed by atoms with Gasteiger partial charge in [-0.3, -0.25) is 0 Å². The van der Waals surface area contributed by atoms with Gasteiger partial charge in [0, 0.05) is 18.6 Å². The van der Waals surface area contributed by atoms with E-state index in [-0.39, 0.29) is 5.54 Å². The molecular formula is C19H42N2. The number of nitrogens with one attached hydrogen (secondary N) is 1. The summed E-state index contributed by atoms with van der Waals surface area (Å²) in [5.74, 6) is 0. The Morgan fingerprint density at radius 2 is 1.29 bits per heavy atom. The monoisotopic (exact) mass is 298 g/mol. The molecule has 0 unspecified atom stereocenters. The first-order valence-electron chi connectivity index (χ1n) is 9.29. The van der Waals surface area contributed by atoms with E-state index in [1.165, 1.54) is 58.2 Å². The number of rotatable bonds is 12. The molecule has 0 bridgehead atoms. The Balaban J connectivity index is 4.71. The Morgan fingerprint density at radius 1 is 0.810 bits per heavy atom. The van der Waals surface area contributed by atoms with Crippen molar-refractivity contribution in [2.75, 3.05) is 26.2 Å². The van der Waals surface area contributed by atoms with Gasteiger partial charge in [-0.25, -0.2) is 0 Å². The summed E-state index contributed by atoms with van der Waals surface area (Å²) >= 11 is 0. The molecule has 128 valence electrons. The van der Waals surface area contributed by atoms with Gasteiger partial charge in [-0.1, -0.05) is 40.5 Å². The van der Waals surface area contributed by atoms with Gasteiger partial charge in [-0.2, -0.15) is 0 Å². The Morgan fingerprint density at radius 3 is 1.62 bits per heavy atom. The Hall–Kier alpha value is -0.0800. The van der Waals surface area contributed by atoms with Crippen LogP contribution in [0.2, 0.25) is 0 Å². The van der Waals surface area contributed by atoms with Crippen LogP contribution in [0.5, 0.6) is 0 Å². The van der Waals surface area contributed by atoms with E-state index in [2.05, 4.69) is 58.7 Å². The van der Waals surface area contributed by atoms with E-state index < -0.39 is 0 Å². The van der Waals surface area contributed by atoms with Gasteiger partial charge in [0.15, 0.2) is 0 Å². The van der Waals surface area contributed by atoms with Crippen molar-refractivity contribution in [3.8, 4) is 0 Å². The summed E-state index contributed by atoms with van der Waals surface area (Å²) in [6.45, 7) is 21.1. The highest BCUT2D eigenvalue weighted by Crippen LogP contribution is 2.28. The Labute approximate surface area is 135 Å². The summed E-state index contributed by atoms with van der Waals surface area (Å²) in [7, 11) is 0. The molecule has 0 spiro atoms. The quantitative estimate of drug-likeness (QED) is 0.540. The first kappa shape index (κ1) is 20.9. The minimum Gasteiger partial charge on any atom is -0.311 e. The van der Waals surface area contributed by atoms with Gasteiger partial charge in [-0.15, -0.1) is 0 Å². The predicted molar refractivity (Wildman–Crippen MR) is 97.0 cm³/mol. The lowest BCUT2D eigenvalue weighted by molar-refractivity contribution is 0.123. The molecule has 0 rings (SSSR count). The van der Waals surface area contributed by atoms with Crippen LogP contribution in [0.25, 0.3) is 0 Å². The van der Waals surface area contributed by atoms with Crippen LogP contribution in [0.15, 0.2) is 0 Å². The van der Waals surface area contributed by atoms with Crippen molar-refractivity contribution in [2.24, 2.45) is 5.41 Å². The fraction of sp³-hybridized carbons (Fsp3) is 1.00. The van der Waals surface area contributed by atoms with Crippen LogP contribution in [0.3, 0.4) is 0 Å². The normalized spacial score (nSPS) is 13.1. The molecule has 0 saturated carbocycles. The van der Waals surface area contributed by atoms with Crippen LogP contribution in [0.1, 0.15) is 87.0 Å². The summed E-state index contributed by atoms with van der Waals surface area (Å²) in [5, 5.41) is 3.76. The average Bonchev–Trinajstić information content (AvgIpc) is 2.45. The van der Waals surface area contributed by atoms with Crippen LogP contribution < -0.4 is 5.32 Å². The zero-order chi connectivity index (χ0) is 16.4. The summed E-state index contributed by atoms with van der Waals surface area (Å²) in [6, 6.07) is 0. The highest BCUT2D eigenvalue weighted by molar-refractivity contribution is 4.86. The standard InChI is InChI=1S/C19H42N2/c1-8-12-14-21(15-13-9-2)17-19(10-3,11-4)16-20-18(5,6)7/h20H,8-17H2,1-7H3. The minimum atomic E-state index is 0.216. The Bertz CT molecular complexity index is 230. The van der Waals surface area contributed by atoms with E-state index in [0.717, 1.165) is 6.54 Å². The molecule has 0 amide bonds. The maximum Gasteiger partial charge on any atom is 0.00967 e. The Kier molecular flexibility index (Phi) is 10.6. The SMILES string of the molecule is CCCCN(CCCC)CC(CC)(CC)CNC(C)(C)C. The topological polar surface area (TPSA) is 15.3 Å². The van der Waals surface area contributed by atoms with Crippen molar-refractivity contribution in [1.29, 1.82) is 0 Å². The summed E-state index contributed by atoms with van der Waals surface area (Å²) in [4.78, 5) is 2.73. The molecule has 0 aliphatic rings. The van der Waals surface area contributed by atoms with Crippen molar-refractivity contribution >= 4 is 0 Å². The molecule has 0 aliphatic heterocycles. The zero-order valence-corrected chi connectivity index (χ0v) is 16.0. The lowest BCUT2D eigenvalue weighted by Crippen LogP contribution is -2.48. The van der Waals surface area contributed by atoms with E-state index in [9.17, 15) is 0 Å². The van der Waals surface area contributed by atoms with Gasteiger partial charge in [-0.05, 0) is 65.0 Å². The summed E-state index contributed by atoms with van der Waals surface area (Å²) in [6.07, 6.45) is 7.80. The maximum absolute atomic E-state index is 3.76. The first-order valence-corrected chi connectivity index (χ1v) is 9.29. The van der Waals surface area contributed by atoms with Crippen LogP contribution in [0, 0.1) is 5.41 Å². The van der Waals surface area contributed by atoms with Crippen molar-refractivity contribution < 1.29 is 0 Å². The van der Waals surface area contributed by atoms with Gasteiger partial charge in [0.25, 0.3) is 0 Å². The molecule has 1 N–H and O–H groups in total. The average molecular weight is 299 g/mol. The van der Waals surface area contributed by atoms with Crippen molar-refractivity contribution in [3.05, 3.63) is 0 Å². The molecule has 2 heteroatoms. The second-order valence-electron chi connectivity index (χ2n) is 7.79. The van der Waals surface area contributed by atoms with Gasteiger partial charge < -0.3 is 10.2 Å². The molecule has 0 aromatic carbocycles. The van der Waals surface area contributed by atoms with E-state index >= 15 is 0 Å². The van der Waals surface area contributed by atoms with Gasteiger partial charge in [0.2, 0.25) is 0 Å². The lowest BCUT2D eigenvalue weighted by atomic mass is 9.80.